The quantitative estimate of drug-likeness (QED) is 0.502. The molecule has 1 rings (SSSR count). The average Bonchev–Trinajstić information content (AvgIpc) is 2.47. The summed E-state index contributed by atoms with van der Waals surface area (Å²) in [6.07, 6.45) is 13.8. The number of nitrogens with one attached hydrogen (secondary N) is 1. The van der Waals surface area contributed by atoms with E-state index in [4.69, 9.17) is 4.74 Å². The van der Waals surface area contributed by atoms with Crippen LogP contribution in [0.3, 0.4) is 0 Å². The van der Waals surface area contributed by atoms with Crippen LogP contribution < -0.4 is 5.32 Å². The fourth-order valence-corrected chi connectivity index (χ4v) is 3.40. The van der Waals surface area contributed by atoms with E-state index in [1.165, 1.54) is 70.8 Å². The number of hydrogen-bond acceptors (Lipinski definition) is 2. The van der Waals surface area contributed by atoms with Crippen molar-refractivity contribution in [1.29, 1.82) is 0 Å². The van der Waals surface area contributed by atoms with E-state index in [0.29, 0.717) is 5.41 Å². The van der Waals surface area contributed by atoms with Crippen LogP contribution in [0, 0.1) is 11.3 Å². The van der Waals surface area contributed by atoms with Gasteiger partial charge < -0.3 is 10.1 Å². The van der Waals surface area contributed by atoms with Gasteiger partial charge in [-0.2, -0.15) is 0 Å². The van der Waals surface area contributed by atoms with Gasteiger partial charge >= 0.3 is 0 Å². The lowest BCUT2D eigenvalue weighted by atomic mass is 9.75. The minimum absolute atomic E-state index is 0.524. The van der Waals surface area contributed by atoms with E-state index in [1.807, 2.05) is 0 Å². The van der Waals surface area contributed by atoms with E-state index in [1.54, 1.807) is 0 Å². The molecule has 1 fully saturated rings. The zero-order valence-corrected chi connectivity index (χ0v) is 14.9. The highest BCUT2D eigenvalue weighted by Crippen LogP contribution is 2.35. The van der Waals surface area contributed by atoms with E-state index in [9.17, 15) is 0 Å². The molecule has 0 amide bonds. The molecule has 1 saturated heterocycles. The smallest absolute Gasteiger partial charge is 0.0471 e. The van der Waals surface area contributed by atoms with E-state index < -0.39 is 0 Å². The first-order valence-electron chi connectivity index (χ1n) is 9.47. The standard InChI is InChI=1S/C19H39NO/c1-4-5-6-7-8-9-10-11-19(12-14-21-15-13-19)17-20-16-18(2)3/h18,20H,4-17H2,1-3H3. The molecule has 0 spiro atoms. The Morgan fingerprint density at radius 3 is 2.19 bits per heavy atom. The fourth-order valence-electron chi connectivity index (χ4n) is 3.40. The third-order valence-corrected chi connectivity index (χ3v) is 4.92. The van der Waals surface area contributed by atoms with Crippen molar-refractivity contribution in [2.75, 3.05) is 26.3 Å². The Hall–Kier alpha value is -0.0800. The third-order valence-electron chi connectivity index (χ3n) is 4.92. The lowest BCUT2D eigenvalue weighted by molar-refractivity contribution is 0.00890. The second kappa shape index (κ2) is 11.5. The van der Waals surface area contributed by atoms with Gasteiger partial charge in [0.2, 0.25) is 0 Å². The summed E-state index contributed by atoms with van der Waals surface area (Å²) >= 11 is 0. The van der Waals surface area contributed by atoms with Gasteiger partial charge in [-0.1, -0.05) is 65.7 Å². The van der Waals surface area contributed by atoms with Crippen LogP contribution in [0.5, 0.6) is 0 Å². The SMILES string of the molecule is CCCCCCCCCC1(CNCC(C)C)CCOCC1. The van der Waals surface area contributed by atoms with Gasteiger partial charge in [-0.3, -0.25) is 0 Å². The lowest BCUT2D eigenvalue weighted by Crippen LogP contribution is -2.40. The van der Waals surface area contributed by atoms with Gasteiger partial charge in [0, 0.05) is 19.8 Å². The highest BCUT2D eigenvalue weighted by atomic mass is 16.5. The van der Waals surface area contributed by atoms with Crippen molar-refractivity contribution in [3.63, 3.8) is 0 Å². The lowest BCUT2D eigenvalue weighted by Gasteiger charge is -2.38. The number of unbranched alkanes of at least 4 members (excludes halogenated alkanes) is 6. The Labute approximate surface area is 133 Å². The first-order valence-corrected chi connectivity index (χ1v) is 9.47. The maximum absolute atomic E-state index is 5.60. The van der Waals surface area contributed by atoms with Crippen LogP contribution in [-0.2, 0) is 4.74 Å². The van der Waals surface area contributed by atoms with E-state index >= 15 is 0 Å². The molecule has 1 aliphatic heterocycles. The molecule has 0 aromatic heterocycles. The highest BCUT2D eigenvalue weighted by Gasteiger charge is 2.31. The molecule has 126 valence electrons. The van der Waals surface area contributed by atoms with Crippen LogP contribution >= 0.6 is 0 Å². The van der Waals surface area contributed by atoms with Crippen LogP contribution in [0.25, 0.3) is 0 Å². The van der Waals surface area contributed by atoms with Crippen molar-refractivity contribution >= 4 is 0 Å². The summed E-state index contributed by atoms with van der Waals surface area (Å²) in [4.78, 5) is 0. The first kappa shape index (κ1) is 19.0. The van der Waals surface area contributed by atoms with Gasteiger partial charge in [-0.05, 0) is 37.1 Å². The van der Waals surface area contributed by atoms with Crippen molar-refractivity contribution in [2.24, 2.45) is 11.3 Å². The Kier molecular flexibility index (Phi) is 10.4. The average molecular weight is 298 g/mol. The van der Waals surface area contributed by atoms with Crippen LogP contribution in [0.15, 0.2) is 0 Å². The van der Waals surface area contributed by atoms with Crippen LogP contribution in [0.2, 0.25) is 0 Å². The van der Waals surface area contributed by atoms with E-state index in [2.05, 4.69) is 26.1 Å². The van der Waals surface area contributed by atoms with Crippen molar-refractivity contribution in [3.05, 3.63) is 0 Å². The van der Waals surface area contributed by atoms with Crippen molar-refractivity contribution in [2.45, 2.75) is 85.0 Å². The summed E-state index contributed by atoms with van der Waals surface area (Å²) in [7, 11) is 0. The first-order chi connectivity index (χ1) is 10.2. The topological polar surface area (TPSA) is 21.3 Å². The summed E-state index contributed by atoms with van der Waals surface area (Å²) in [6, 6.07) is 0. The van der Waals surface area contributed by atoms with E-state index in [-0.39, 0.29) is 0 Å². The molecule has 1 aliphatic rings. The predicted molar refractivity (Wildman–Crippen MR) is 92.8 cm³/mol. The van der Waals surface area contributed by atoms with Gasteiger partial charge in [0.25, 0.3) is 0 Å². The largest absolute Gasteiger partial charge is 0.381 e. The zero-order chi connectivity index (χ0) is 15.4. The summed E-state index contributed by atoms with van der Waals surface area (Å²) in [6.45, 7) is 11.2. The molecule has 0 saturated carbocycles. The Bertz CT molecular complexity index is 234. The number of hydrogen-bond donors (Lipinski definition) is 1. The van der Waals surface area contributed by atoms with E-state index in [0.717, 1.165) is 25.7 Å². The highest BCUT2D eigenvalue weighted by molar-refractivity contribution is 4.84. The molecule has 0 aliphatic carbocycles. The van der Waals surface area contributed by atoms with Gasteiger partial charge in [-0.15, -0.1) is 0 Å². The molecule has 0 aromatic rings. The van der Waals surface area contributed by atoms with Gasteiger partial charge in [-0.25, -0.2) is 0 Å². The molecule has 1 heterocycles. The molecule has 0 bridgehead atoms. The van der Waals surface area contributed by atoms with Gasteiger partial charge in [0.05, 0.1) is 0 Å². The maximum Gasteiger partial charge on any atom is 0.0471 e. The summed E-state index contributed by atoms with van der Waals surface area (Å²) < 4.78 is 5.60. The molecule has 0 radical (unpaired) electrons. The Balaban J connectivity index is 2.19. The maximum atomic E-state index is 5.60. The van der Waals surface area contributed by atoms with Gasteiger partial charge in [0.1, 0.15) is 0 Å². The van der Waals surface area contributed by atoms with Crippen LogP contribution in [0.4, 0.5) is 0 Å². The Morgan fingerprint density at radius 1 is 0.952 bits per heavy atom. The molecule has 2 nitrogen and oxygen atoms in total. The normalized spacial score (nSPS) is 18.3. The van der Waals surface area contributed by atoms with Crippen molar-refractivity contribution < 1.29 is 4.74 Å². The molecule has 1 N–H and O–H groups in total. The number of rotatable bonds is 12. The van der Waals surface area contributed by atoms with Crippen molar-refractivity contribution in [3.8, 4) is 0 Å². The molecule has 21 heavy (non-hydrogen) atoms. The van der Waals surface area contributed by atoms with Gasteiger partial charge in [0.15, 0.2) is 0 Å². The molecule has 2 heteroatoms. The minimum atomic E-state index is 0.524. The molecule has 0 unspecified atom stereocenters. The molecule has 0 aromatic carbocycles. The predicted octanol–water partition coefficient (Wildman–Crippen LogP) is 5.17. The third kappa shape index (κ3) is 8.83. The molecule has 0 atom stereocenters. The monoisotopic (exact) mass is 297 g/mol. The molecular weight excluding hydrogens is 258 g/mol. The second-order valence-corrected chi connectivity index (χ2v) is 7.51. The van der Waals surface area contributed by atoms with Crippen LogP contribution in [-0.4, -0.2) is 26.3 Å². The number of ether oxygens (including phenoxy) is 1. The second-order valence-electron chi connectivity index (χ2n) is 7.51. The zero-order valence-electron chi connectivity index (χ0n) is 14.9. The molecular formula is C19H39NO. The minimum Gasteiger partial charge on any atom is -0.381 e. The Morgan fingerprint density at radius 2 is 1.57 bits per heavy atom. The summed E-state index contributed by atoms with van der Waals surface area (Å²) in [5.74, 6) is 0.750. The van der Waals surface area contributed by atoms with Crippen LogP contribution in [0.1, 0.15) is 85.0 Å². The summed E-state index contributed by atoms with van der Waals surface area (Å²) in [5, 5.41) is 3.71. The fraction of sp³-hybridized carbons (Fsp3) is 1.00. The van der Waals surface area contributed by atoms with Crippen molar-refractivity contribution in [1.82, 2.24) is 5.32 Å². The summed E-state index contributed by atoms with van der Waals surface area (Å²) in [5.41, 5.74) is 0.524.